The van der Waals surface area contributed by atoms with Crippen LogP contribution in [0.2, 0.25) is 0 Å². The zero-order valence-corrected chi connectivity index (χ0v) is 9.12. The summed E-state index contributed by atoms with van der Waals surface area (Å²) in [6.45, 7) is 5.33. The average molecular weight is 187 g/mol. The smallest absolute Gasteiger partial charge is 0.00472 e. The highest BCUT2D eigenvalue weighted by Crippen LogP contribution is 2.33. The lowest BCUT2D eigenvalue weighted by atomic mass is 9.97. The van der Waals surface area contributed by atoms with Crippen LogP contribution in [0.1, 0.15) is 39.5 Å². The summed E-state index contributed by atoms with van der Waals surface area (Å²) in [6.07, 6.45) is 5.76. The summed E-state index contributed by atoms with van der Waals surface area (Å²) in [5, 5.41) is 0.941. The van der Waals surface area contributed by atoms with Gasteiger partial charge in [-0.2, -0.15) is 11.8 Å². The van der Waals surface area contributed by atoms with Gasteiger partial charge in [0.25, 0.3) is 0 Å². The van der Waals surface area contributed by atoms with Crippen molar-refractivity contribution < 1.29 is 0 Å². The third-order valence-electron chi connectivity index (χ3n) is 2.56. The number of nitrogens with two attached hydrogens (primary N) is 1. The molecule has 0 spiro atoms. The Morgan fingerprint density at radius 3 is 2.42 bits per heavy atom. The van der Waals surface area contributed by atoms with Gasteiger partial charge in [-0.15, -0.1) is 0 Å². The Balaban J connectivity index is 2.15. The van der Waals surface area contributed by atoms with Crippen LogP contribution in [0.15, 0.2) is 0 Å². The van der Waals surface area contributed by atoms with Crippen LogP contribution in [-0.4, -0.2) is 17.5 Å². The minimum absolute atomic E-state index is 0.341. The molecule has 0 aliphatic heterocycles. The normalized spacial score (nSPS) is 20.2. The van der Waals surface area contributed by atoms with Crippen LogP contribution >= 0.6 is 11.8 Å². The number of hydrogen-bond acceptors (Lipinski definition) is 2. The molecule has 0 saturated heterocycles. The molecule has 0 radical (unpaired) electrons. The highest BCUT2D eigenvalue weighted by molar-refractivity contribution is 7.99. The largest absolute Gasteiger partial charge is 0.330 e. The van der Waals surface area contributed by atoms with Crippen LogP contribution < -0.4 is 5.73 Å². The maximum absolute atomic E-state index is 5.68. The van der Waals surface area contributed by atoms with E-state index >= 15 is 0 Å². The molecule has 0 unspecified atom stereocenters. The van der Waals surface area contributed by atoms with E-state index in [4.69, 9.17) is 5.73 Å². The van der Waals surface area contributed by atoms with Crippen LogP contribution in [0, 0.1) is 5.41 Å². The van der Waals surface area contributed by atoms with Gasteiger partial charge >= 0.3 is 0 Å². The lowest BCUT2D eigenvalue weighted by Crippen LogP contribution is -2.26. The molecule has 1 saturated carbocycles. The second kappa shape index (κ2) is 4.52. The molecule has 0 bridgehead atoms. The molecule has 0 heterocycles. The quantitative estimate of drug-likeness (QED) is 0.732. The predicted molar refractivity (Wildman–Crippen MR) is 57.5 cm³/mol. The van der Waals surface area contributed by atoms with Gasteiger partial charge in [-0.05, 0) is 30.6 Å². The van der Waals surface area contributed by atoms with Crippen molar-refractivity contribution >= 4 is 11.8 Å². The van der Waals surface area contributed by atoms with E-state index in [1.165, 1.54) is 31.4 Å². The molecule has 12 heavy (non-hydrogen) atoms. The van der Waals surface area contributed by atoms with Gasteiger partial charge in [-0.3, -0.25) is 0 Å². The van der Waals surface area contributed by atoms with Crippen molar-refractivity contribution in [3.05, 3.63) is 0 Å². The van der Waals surface area contributed by atoms with Gasteiger partial charge in [0.1, 0.15) is 0 Å². The summed E-state index contributed by atoms with van der Waals surface area (Å²) in [6, 6.07) is 0. The van der Waals surface area contributed by atoms with Gasteiger partial charge in [0.2, 0.25) is 0 Å². The van der Waals surface area contributed by atoms with E-state index in [2.05, 4.69) is 25.6 Å². The zero-order valence-electron chi connectivity index (χ0n) is 8.31. The van der Waals surface area contributed by atoms with Crippen molar-refractivity contribution in [3.63, 3.8) is 0 Å². The highest BCUT2D eigenvalue weighted by Gasteiger charge is 2.21. The molecule has 1 rings (SSSR count). The number of rotatable bonds is 4. The van der Waals surface area contributed by atoms with Gasteiger partial charge in [0, 0.05) is 5.25 Å². The van der Waals surface area contributed by atoms with E-state index in [0.29, 0.717) is 5.41 Å². The summed E-state index contributed by atoms with van der Waals surface area (Å²) in [7, 11) is 0. The molecule has 2 N–H and O–H groups in total. The molecule has 0 atom stereocenters. The molecule has 1 fully saturated rings. The van der Waals surface area contributed by atoms with Crippen molar-refractivity contribution in [2.24, 2.45) is 11.1 Å². The zero-order chi connectivity index (χ0) is 9.03. The Kier molecular flexibility index (Phi) is 3.91. The Morgan fingerprint density at radius 2 is 1.92 bits per heavy atom. The number of hydrogen-bond donors (Lipinski definition) is 1. The van der Waals surface area contributed by atoms with Gasteiger partial charge in [-0.1, -0.05) is 26.7 Å². The molecule has 72 valence electrons. The first-order chi connectivity index (χ1) is 5.64. The summed E-state index contributed by atoms with van der Waals surface area (Å²) in [5.74, 6) is 1.23. The van der Waals surface area contributed by atoms with E-state index in [0.717, 1.165) is 11.8 Å². The maximum Gasteiger partial charge on any atom is 0.00472 e. The monoisotopic (exact) mass is 187 g/mol. The molecule has 0 aromatic heterocycles. The minimum atomic E-state index is 0.341. The molecule has 1 aliphatic rings. The molecule has 0 aromatic rings. The Bertz CT molecular complexity index is 128. The van der Waals surface area contributed by atoms with Crippen molar-refractivity contribution in [2.75, 3.05) is 12.3 Å². The van der Waals surface area contributed by atoms with Crippen LogP contribution in [0.4, 0.5) is 0 Å². The van der Waals surface area contributed by atoms with Crippen molar-refractivity contribution in [3.8, 4) is 0 Å². The average Bonchev–Trinajstić information content (AvgIpc) is 2.53. The summed E-state index contributed by atoms with van der Waals surface area (Å²) >= 11 is 2.14. The third-order valence-corrected chi connectivity index (χ3v) is 4.46. The molecular formula is C10H21NS. The lowest BCUT2D eigenvalue weighted by molar-refractivity contribution is 0.438. The van der Waals surface area contributed by atoms with Gasteiger partial charge < -0.3 is 5.73 Å². The van der Waals surface area contributed by atoms with E-state index < -0.39 is 0 Å². The Labute approximate surface area is 80.5 Å². The maximum atomic E-state index is 5.68. The Hall–Kier alpha value is 0.310. The fourth-order valence-corrected chi connectivity index (χ4v) is 2.93. The molecule has 2 heteroatoms. The van der Waals surface area contributed by atoms with Crippen LogP contribution in [0.3, 0.4) is 0 Å². The van der Waals surface area contributed by atoms with Crippen molar-refractivity contribution in [2.45, 2.75) is 44.8 Å². The summed E-state index contributed by atoms with van der Waals surface area (Å²) < 4.78 is 0. The lowest BCUT2D eigenvalue weighted by Gasteiger charge is -2.23. The van der Waals surface area contributed by atoms with Gasteiger partial charge in [0.15, 0.2) is 0 Å². The molecular weight excluding hydrogens is 166 g/mol. The van der Waals surface area contributed by atoms with Crippen LogP contribution in [-0.2, 0) is 0 Å². The molecule has 1 aliphatic carbocycles. The van der Waals surface area contributed by atoms with E-state index in [-0.39, 0.29) is 0 Å². The molecule has 0 aromatic carbocycles. The Morgan fingerprint density at radius 1 is 1.33 bits per heavy atom. The highest BCUT2D eigenvalue weighted by atomic mass is 32.2. The van der Waals surface area contributed by atoms with Crippen molar-refractivity contribution in [1.29, 1.82) is 0 Å². The van der Waals surface area contributed by atoms with Crippen LogP contribution in [0.5, 0.6) is 0 Å². The summed E-state index contributed by atoms with van der Waals surface area (Å²) in [4.78, 5) is 0. The topological polar surface area (TPSA) is 26.0 Å². The first-order valence-electron chi connectivity index (χ1n) is 4.96. The fraction of sp³-hybridized carbons (Fsp3) is 1.00. The standard InChI is InChI=1S/C10H21NS/c1-10(2,7-11)8-12-9-5-3-4-6-9/h9H,3-8,11H2,1-2H3. The second-order valence-electron chi connectivity index (χ2n) is 4.59. The van der Waals surface area contributed by atoms with Gasteiger partial charge in [0.05, 0.1) is 0 Å². The third kappa shape index (κ3) is 3.36. The van der Waals surface area contributed by atoms with E-state index in [1.54, 1.807) is 0 Å². The van der Waals surface area contributed by atoms with E-state index in [1.807, 2.05) is 0 Å². The first-order valence-corrected chi connectivity index (χ1v) is 6.00. The first kappa shape index (κ1) is 10.4. The predicted octanol–water partition coefficient (Wildman–Crippen LogP) is 2.65. The summed E-state index contributed by atoms with van der Waals surface area (Å²) in [5.41, 5.74) is 6.02. The number of thioether (sulfide) groups is 1. The van der Waals surface area contributed by atoms with E-state index in [9.17, 15) is 0 Å². The molecule has 1 nitrogen and oxygen atoms in total. The van der Waals surface area contributed by atoms with Crippen molar-refractivity contribution in [1.82, 2.24) is 0 Å². The molecule has 0 amide bonds. The minimum Gasteiger partial charge on any atom is -0.330 e. The van der Waals surface area contributed by atoms with Crippen LogP contribution in [0.25, 0.3) is 0 Å². The fourth-order valence-electron chi connectivity index (χ4n) is 1.46. The second-order valence-corrected chi connectivity index (χ2v) is 5.87. The SMILES string of the molecule is CC(C)(CN)CSC1CCCC1. The van der Waals surface area contributed by atoms with Gasteiger partial charge in [-0.25, -0.2) is 0 Å².